The molecule has 0 saturated heterocycles. The van der Waals surface area contributed by atoms with Crippen LogP contribution in [0.1, 0.15) is 29.1 Å². The fourth-order valence-corrected chi connectivity index (χ4v) is 2.45. The zero-order chi connectivity index (χ0) is 14.8. The highest BCUT2D eigenvalue weighted by molar-refractivity contribution is 6.07. The first-order valence-corrected chi connectivity index (χ1v) is 6.72. The van der Waals surface area contributed by atoms with Gasteiger partial charge >= 0.3 is 5.97 Å². The Labute approximate surface area is 122 Å². The molecule has 0 bridgehead atoms. The van der Waals surface area contributed by atoms with Crippen LogP contribution >= 0.6 is 0 Å². The van der Waals surface area contributed by atoms with Gasteiger partial charge in [0.2, 0.25) is 0 Å². The number of nitrogens with one attached hydrogen (secondary N) is 1. The second-order valence-corrected chi connectivity index (χ2v) is 4.89. The molecule has 1 aromatic heterocycles. The first-order valence-electron chi connectivity index (χ1n) is 6.72. The summed E-state index contributed by atoms with van der Waals surface area (Å²) in [7, 11) is 0. The van der Waals surface area contributed by atoms with Crippen molar-refractivity contribution in [3.8, 4) is 0 Å². The molecule has 21 heavy (non-hydrogen) atoms. The van der Waals surface area contributed by atoms with Gasteiger partial charge in [0.1, 0.15) is 5.76 Å². The summed E-state index contributed by atoms with van der Waals surface area (Å²) in [6, 6.07) is 14.7. The predicted octanol–water partition coefficient (Wildman–Crippen LogP) is 4.30. The maximum Gasteiger partial charge on any atom is 0.336 e. The Morgan fingerprint density at radius 1 is 1.10 bits per heavy atom. The number of anilines is 1. The summed E-state index contributed by atoms with van der Waals surface area (Å²) in [6.07, 6.45) is 1.64. The lowest BCUT2D eigenvalue weighted by Crippen LogP contribution is -2.07. The van der Waals surface area contributed by atoms with Crippen LogP contribution in [-0.4, -0.2) is 11.1 Å². The number of hydrogen-bond acceptors (Lipinski definition) is 3. The number of benzene rings is 2. The molecular formula is C17H15NO3. The standard InChI is InChI=1S/C17H15NO3/c1-11(16-7-4-10-21-16)18-15-9-8-14(17(19)20)12-5-2-3-6-13(12)15/h2-11,18H,1H3,(H,19,20). The van der Waals surface area contributed by atoms with E-state index in [1.54, 1.807) is 18.4 Å². The molecule has 0 spiro atoms. The number of carbonyl (C=O) groups is 1. The molecule has 3 aromatic rings. The van der Waals surface area contributed by atoms with Gasteiger partial charge in [-0.25, -0.2) is 4.79 Å². The van der Waals surface area contributed by atoms with Gasteiger partial charge in [0.15, 0.2) is 0 Å². The van der Waals surface area contributed by atoms with Gasteiger partial charge in [-0.2, -0.15) is 0 Å². The van der Waals surface area contributed by atoms with Crippen LogP contribution in [0.3, 0.4) is 0 Å². The van der Waals surface area contributed by atoms with Crippen molar-refractivity contribution in [1.29, 1.82) is 0 Å². The highest BCUT2D eigenvalue weighted by atomic mass is 16.4. The zero-order valence-corrected chi connectivity index (χ0v) is 11.5. The maximum absolute atomic E-state index is 11.3. The van der Waals surface area contributed by atoms with E-state index in [4.69, 9.17) is 4.42 Å². The predicted molar refractivity (Wildman–Crippen MR) is 81.7 cm³/mol. The summed E-state index contributed by atoms with van der Waals surface area (Å²) in [4.78, 5) is 11.3. The molecule has 0 fully saturated rings. The van der Waals surface area contributed by atoms with E-state index >= 15 is 0 Å². The lowest BCUT2D eigenvalue weighted by Gasteiger charge is -2.16. The van der Waals surface area contributed by atoms with E-state index in [9.17, 15) is 9.90 Å². The Bertz CT molecular complexity index is 778. The van der Waals surface area contributed by atoms with E-state index in [0.717, 1.165) is 22.2 Å². The molecule has 0 saturated carbocycles. The maximum atomic E-state index is 11.3. The van der Waals surface area contributed by atoms with Crippen molar-refractivity contribution in [1.82, 2.24) is 0 Å². The molecule has 1 heterocycles. The molecular weight excluding hydrogens is 266 g/mol. The minimum atomic E-state index is -0.920. The van der Waals surface area contributed by atoms with Crippen LogP contribution in [0.15, 0.2) is 59.2 Å². The van der Waals surface area contributed by atoms with Gasteiger partial charge in [0.25, 0.3) is 0 Å². The molecule has 4 heteroatoms. The third-order valence-electron chi connectivity index (χ3n) is 3.50. The SMILES string of the molecule is CC(Nc1ccc(C(=O)O)c2ccccc12)c1ccco1. The van der Waals surface area contributed by atoms with Crippen LogP contribution in [0.2, 0.25) is 0 Å². The lowest BCUT2D eigenvalue weighted by molar-refractivity contribution is 0.0699. The van der Waals surface area contributed by atoms with E-state index < -0.39 is 5.97 Å². The molecule has 0 radical (unpaired) electrons. The normalized spacial score (nSPS) is 12.2. The van der Waals surface area contributed by atoms with Crippen molar-refractivity contribution in [3.63, 3.8) is 0 Å². The van der Waals surface area contributed by atoms with Gasteiger partial charge in [-0.15, -0.1) is 0 Å². The van der Waals surface area contributed by atoms with Crippen LogP contribution in [-0.2, 0) is 0 Å². The third kappa shape index (κ3) is 2.48. The lowest BCUT2D eigenvalue weighted by atomic mass is 10.0. The molecule has 1 unspecified atom stereocenters. The first kappa shape index (κ1) is 13.2. The van der Waals surface area contributed by atoms with Crippen LogP contribution in [0, 0.1) is 0 Å². The van der Waals surface area contributed by atoms with E-state index in [1.807, 2.05) is 43.3 Å². The van der Waals surface area contributed by atoms with Crippen LogP contribution < -0.4 is 5.32 Å². The van der Waals surface area contributed by atoms with Crippen molar-refractivity contribution in [3.05, 3.63) is 66.1 Å². The van der Waals surface area contributed by atoms with Gasteiger partial charge in [0.05, 0.1) is 17.9 Å². The molecule has 2 N–H and O–H groups in total. The third-order valence-corrected chi connectivity index (χ3v) is 3.50. The molecule has 3 rings (SSSR count). The molecule has 0 aliphatic heterocycles. The molecule has 0 aliphatic carbocycles. The molecule has 1 atom stereocenters. The van der Waals surface area contributed by atoms with Crippen LogP contribution in [0.25, 0.3) is 10.8 Å². The molecule has 106 valence electrons. The highest BCUT2D eigenvalue weighted by Crippen LogP contribution is 2.29. The number of carboxylic acid groups (broad SMARTS) is 1. The average molecular weight is 281 g/mol. The monoisotopic (exact) mass is 281 g/mol. The summed E-state index contributed by atoms with van der Waals surface area (Å²) in [6.45, 7) is 2.00. The van der Waals surface area contributed by atoms with Gasteiger partial charge < -0.3 is 14.8 Å². The summed E-state index contributed by atoms with van der Waals surface area (Å²) in [5, 5.41) is 14.2. The Morgan fingerprint density at radius 3 is 2.52 bits per heavy atom. The average Bonchev–Trinajstić information content (AvgIpc) is 3.01. The minimum Gasteiger partial charge on any atom is -0.478 e. The number of carboxylic acids is 1. The number of hydrogen-bond donors (Lipinski definition) is 2. The Hall–Kier alpha value is -2.75. The van der Waals surface area contributed by atoms with Crippen molar-refractivity contribution in [2.45, 2.75) is 13.0 Å². The summed E-state index contributed by atoms with van der Waals surface area (Å²) < 4.78 is 5.38. The zero-order valence-electron chi connectivity index (χ0n) is 11.5. The van der Waals surface area contributed by atoms with Crippen LogP contribution in [0.5, 0.6) is 0 Å². The molecule has 0 amide bonds. The first-order chi connectivity index (χ1) is 10.2. The number of furan rings is 1. The van der Waals surface area contributed by atoms with Gasteiger partial charge in [-0.3, -0.25) is 0 Å². The Kier molecular flexibility index (Phi) is 3.36. The number of rotatable bonds is 4. The Morgan fingerprint density at radius 2 is 1.86 bits per heavy atom. The quantitative estimate of drug-likeness (QED) is 0.748. The van der Waals surface area contributed by atoms with Gasteiger partial charge in [-0.05, 0) is 36.6 Å². The van der Waals surface area contributed by atoms with E-state index in [1.165, 1.54) is 0 Å². The second kappa shape index (κ2) is 5.32. The smallest absolute Gasteiger partial charge is 0.336 e. The van der Waals surface area contributed by atoms with E-state index in [2.05, 4.69) is 5.32 Å². The number of fused-ring (bicyclic) bond motifs is 1. The van der Waals surface area contributed by atoms with Crippen molar-refractivity contribution >= 4 is 22.4 Å². The topological polar surface area (TPSA) is 62.5 Å². The second-order valence-electron chi connectivity index (χ2n) is 4.89. The largest absolute Gasteiger partial charge is 0.478 e. The summed E-state index contributed by atoms with van der Waals surface area (Å²) in [5.74, 6) is -0.0850. The van der Waals surface area contributed by atoms with Crippen molar-refractivity contribution in [2.75, 3.05) is 5.32 Å². The Balaban J connectivity index is 2.04. The summed E-state index contributed by atoms with van der Waals surface area (Å²) >= 11 is 0. The minimum absolute atomic E-state index is 0.000848. The molecule has 2 aromatic carbocycles. The molecule has 0 aliphatic rings. The number of aromatic carboxylic acids is 1. The highest BCUT2D eigenvalue weighted by Gasteiger charge is 2.13. The van der Waals surface area contributed by atoms with Crippen LogP contribution in [0.4, 0.5) is 5.69 Å². The van der Waals surface area contributed by atoms with E-state index in [0.29, 0.717) is 5.56 Å². The van der Waals surface area contributed by atoms with E-state index in [-0.39, 0.29) is 6.04 Å². The van der Waals surface area contributed by atoms with Gasteiger partial charge in [-0.1, -0.05) is 24.3 Å². The van der Waals surface area contributed by atoms with Crippen molar-refractivity contribution < 1.29 is 14.3 Å². The van der Waals surface area contributed by atoms with Gasteiger partial charge in [0, 0.05) is 11.1 Å². The fourth-order valence-electron chi connectivity index (χ4n) is 2.45. The van der Waals surface area contributed by atoms with Crippen molar-refractivity contribution in [2.24, 2.45) is 0 Å². The summed E-state index contributed by atoms with van der Waals surface area (Å²) in [5.41, 5.74) is 1.20. The molecule has 4 nitrogen and oxygen atoms in total. The fraction of sp³-hybridized carbons (Fsp3) is 0.118.